The van der Waals surface area contributed by atoms with E-state index in [-0.39, 0.29) is 18.0 Å². The van der Waals surface area contributed by atoms with E-state index in [1.54, 1.807) is 0 Å². The van der Waals surface area contributed by atoms with E-state index in [4.69, 9.17) is 0 Å². The number of fused-ring (bicyclic) bond motifs is 2. The largest absolute Gasteiger partial charge is 0.368 e. The van der Waals surface area contributed by atoms with Crippen molar-refractivity contribution in [2.45, 2.75) is 65.0 Å². The molecule has 6 heteroatoms. The third-order valence-electron chi connectivity index (χ3n) is 6.89. The number of carbonyl (C=O) groups is 1. The van der Waals surface area contributed by atoms with Crippen LogP contribution in [0.5, 0.6) is 0 Å². The highest BCUT2D eigenvalue weighted by Crippen LogP contribution is 2.29. The Morgan fingerprint density at radius 3 is 2.70 bits per heavy atom. The van der Waals surface area contributed by atoms with Crippen LogP contribution in [-0.4, -0.2) is 36.6 Å². The standard InChI is InChI=1S/C27H36N4O2/c1-3-31(21-13-15-28-16-14-21)25-12-8-11-23-22(25)10-7-5-4-6-9-20-17-19(2)30-27(33)24(20)18-29-26(23)32/h5,7-8,11-12,17,21,28H,3-4,6,9-10,13-16,18H2,1-2H3,(H,29,32)(H,30,33). The van der Waals surface area contributed by atoms with Gasteiger partial charge in [-0.15, -0.1) is 0 Å². The SMILES string of the molecule is CCN(c1cccc2c1CC=CCCCc1cc(C)[nH]c(=O)c1CNC2=O)C1CCNCC1. The number of piperidine rings is 1. The van der Waals surface area contributed by atoms with Crippen LogP contribution in [0, 0.1) is 6.92 Å². The second-order valence-electron chi connectivity index (χ2n) is 9.11. The van der Waals surface area contributed by atoms with Gasteiger partial charge in [0.15, 0.2) is 0 Å². The molecule has 0 saturated carbocycles. The van der Waals surface area contributed by atoms with Crippen molar-refractivity contribution in [1.82, 2.24) is 15.6 Å². The maximum atomic E-state index is 13.4. The van der Waals surface area contributed by atoms with Crippen LogP contribution in [0.1, 0.15) is 65.3 Å². The number of carbonyl (C=O) groups excluding carboxylic acids is 1. The van der Waals surface area contributed by atoms with Crippen LogP contribution in [0.3, 0.4) is 0 Å². The topological polar surface area (TPSA) is 77.2 Å². The number of hydrogen-bond donors (Lipinski definition) is 3. The first-order valence-corrected chi connectivity index (χ1v) is 12.3. The van der Waals surface area contributed by atoms with Gasteiger partial charge in [-0.3, -0.25) is 9.59 Å². The Hall–Kier alpha value is -2.86. The summed E-state index contributed by atoms with van der Waals surface area (Å²) in [6.07, 6.45) is 10.1. The molecule has 2 aliphatic heterocycles. The first kappa shape index (κ1) is 23.3. The predicted molar refractivity (Wildman–Crippen MR) is 134 cm³/mol. The summed E-state index contributed by atoms with van der Waals surface area (Å²) in [7, 11) is 0. The third kappa shape index (κ3) is 5.38. The molecule has 1 aromatic carbocycles. The van der Waals surface area contributed by atoms with Gasteiger partial charge >= 0.3 is 0 Å². The number of aromatic amines is 1. The van der Waals surface area contributed by atoms with Crippen LogP contribution >= 0.6 is 0 Å². The predicted octanol–water partition coefficient (Wildman–Crippen LogP) is 3.63. The number of hydrogen-bond acceptors (Lipinski definition) is 4. The van der Waals surface area contributed by atoms with Crippen molar-refractivity contribution < 1.29 is 4.79 Å². The molecule has 0 bridgehead atoms. The van der Waals surface area contributed by atoms with E-state index < -0.39 is 0 Å². The Morgan fingerprint density at radius 1 is 1.09 bits per heavy atom. The summed E-state index contributed by atoms with van der Waals surface area (Å²) in [6, 6.07) is 8.58. The molecule has 0 unspecified atom stereocenters. The zero-order chi connectivity index (χ0) is 23.2. The Morgan fingerprint density at radius 2 is 1.91 bits per heavy atom. The fourth-order valence-electron chi connectivity index (χ4n) is 5.21. The number of nitrogens with one attached hydrogen (secondary N) is 3. The van der Waals surface area contributed by atoms with Crippen LogP contribution < -0.4 is 21.1 Å². The van der Waals surface area contributed by atoms with Crippen molar-refractivity contribution in [3.05, 3.63) is 74.7 Å². The van der Waals surface area contributed by atoms with Crippen molar-refractivity contribution >= 4 is 11.6 Å². The number of pyridine rings is 1. The molecule has 1 saturated heterocycles. The average molecular weight is 449 g/mol. The molecule has 0 spiro atoms. The summed E-state index contributed by atoms with van der Waals surface area (Å²) in [4.78, 5) is 31.4. The lowest BCUT2D eigenvalue weighted by Gasteiger charge is -2.37. The van der Waals surface area contributed by atoms with Crippen molar-refractivity contribution in [1.29, 1.82) is 0 Å². The van der Waals surface area contributed by atoms with E-state index in [1.807, 2.05) is 25.1 Å². The van der Waals surface area contributed by atoms with Crippen molar-refractivity contribution in [2.75, 3.05) is 24.5 Å². The molecule has 0 radical (unpaired) electrons. The van der Waals surface area contributed by atoms with Gasteiger partial charge in [0.2, 0.25) is 0 Å². The number of rotatable bonds is 3. The second kappa shape index (κ2) is 10.8. The van der Waals surface area contributed by atoms with Crippen LogP contribution in [-0.2, 0) is 19.4 Å². The normalized spacial score (nSPS) is 17.7. The minimum atomic E-state index is -0.119. The van der Waals surface area contributed by atoms with E-state index >= 15 is 0 Å². The summed E-state index contributed by atoms with van der Waals surface area (Å²) >= 11 is 0. The molecule has 176 valence electrons. The monoisotopic (exact) mass is 448 g/mol. The summed E-state index contributed by atoms with van der Waals surface area (Å²) in [5.74, 6) is -0.119. The van der Waals surface area contributed by atoms with Crippen molar-refractivity contribution in [3.63, 3.8) is 0 Å². The van der Waals surface area contributed by atoms with Crippen molar-refractivity contribution in [2.24, 2.45) is 0 Å². The molecule has 6 nitrogen and oxygen atoms in total. The van der Waals surface area contributed by atoms with Gasteiger partial charge in [-0.25, -0.2) is 0 Å². The molecule has 1 amide bonds. The van der Waals surface area contributed by atoms with Gasteiger partial charge in [0.05, 0.1) is 0 Å². The fourth-order valence-corrected chi connectivity index (χ4v) is 5.21. The molecule has 3 N–H and O–H groups in total. The van der Waals surface area contributed by atoms with E-state index in [0.717, 1.165) is 80.7 Å². The molecule has 1 fully saturated rings. The Bertz CT molecular complexity index is 1070. The summed E-state index contributed by atoms with van der Waals surface area (Å²) in [5, 5.41) is 6.50. The molecule has 33 heavy (non-hydrogen) atoms. The fraction of sp³-hybridized carbons (Fsp3) is 0.481. The van der Waals surface area contributed by atoms with Gasteiger partial charge in [0.1, 0.15) is 0 Å². The van der Waals surface area contributed by atoms with Crippen LogP contribution in [0.25, 0.3) is 0 Å². The minimum absolute atomic E-state index is 0.104. The molecular formula is C27H36N4O2. The lowest BCUT2D eigenvalue weighted by atomic mass is 9.97. The summed E-state index contributed by atoms with van der Waals surface area (Å²) in [5.41, 5.74) is 5.38. The van der Waals surface area contributed by atoms with Crippen molar-refractivity contribution in [3.8, 4) is 0 Å². The lowest BCUT2D eigenvalue weighted by molar-refractivity contribution is 0.0950. The molecule has 0 aliphatic carbocycles. The first-order valence-electron chi connectivity index (χ1n) is 12.3. The maximum Gasteiger partial charge on any atom is 0.253 e. The summed E-state index contributed by atoms with van der Waals surface area (Å²) in [6.45, 7) is 7.32. The molecular weight excluding hydrogens is 412 g/mol. The number of nitrogens with zero attached hydrogens (tertiary/aromatic N) is 1. The van der Waals surface area contributed by atoms with Gasteiger partial charge in [0, 0.05) is 41.6 Å². The molecule has 1 aromatic heterocycles. The highest BCUT2D eigenvalue weighted by molar-refractivity contribution is 5.97. The molecule has 4 rings (SSSR count). The smallest absolute Gasteiger partial charge is 0.253 e. The number of anilines is 1. The van der Waals surface area contributed by atoms with Crippen LogP contribution in [0.15, 0.2) is 41.2 Å². The van der Waals surface area contributed by atoms with Gasteiger partial charge in [-0.2, -0.15) is 0 Å². The molecule has 2 aromatic rings. The number of aromatic nitrogens is 1. The number of aryl methyl sites for hydroxylation is 2. The zero-order valence-electron chi connectivity index (χ0n) is 19.9. The molecule has 3 heterocycles. The quantitative estimate of drug-likeness (QED) is 0.627. The lowest BCUT2D eigenvalue weighted by Crippen LogP contribution is -2.43. The van der Waals surface area contributed by atoms with E-state index in [9.17, 15) is 9.59 Å². The van der Waals surface area contributed by atoms with E-state index in [1.165, 1.54) is 0 Å². The minimum Gasteiger partial charge on any atom is -0.368 e. The highest BCUT2D eigenvalue weighted by Gasteiger charge is 2.24. The second-order valence-corrected chi connectivity index (χ2v) is 9.11. The van der Waals surface area contributed by atoms with Gasteiger partial charge < -0.3 is 20.5 Å². The van der Waals surface area contributed by atoms with Crippen LogP contribution in [0.4, 0.5) is 5.69 Å². The summed E-state index contributed by atoms with van der Waals surface area (Å²) < 4.78 is 0. The van der Waals surface area contributed by atoms with Crippen LogP contribution in [0.2, 0.25) is 0 Å². The number of H-pyrrole nitrogens is 1. The number of amides is 1. The maximum absolute atomic E-state index is 13.4. The van der Waals surface area contributed by atoms with E-state index in [2.05, 4.69) is 45.7 Å². The van der Waals surface area contributed by atoms with Gasteiger partial charge in [0.25, 0.3) is 11.5 Å². The molecule has 2 aliphatic rings. The first-order chi connectivity index (χ1) is 16.1. The third-order valence-corrected chi connectivity index (χ3v) is 6.89. The Balaban J connectivity index is 1.70. The Kier molecular flexibility index (Phi) is 7.65. The van der Waals surface area contributed by atoms with Gasteiger partial charge in [-0.05, 0) is 94.8 Å². The van der Waals surface area contributed by atoms with E-state index in [0.29, 0.717) is 17.2 Å². The number of benzene rings is 1. The highest BCUT2D eigenvalue weighted by atomic mass is 16.1. The zero-order valence-corrected chi connectivity index (χ0v) is 19.9. The molecule has 0 atom stereocenters. The average Bonchev–Trinajstić information content (AvgIpc) is 2.83. The Labute approximate surface area is 196 Å². The van der Waals surface area contributed by atoms with Gasteiger partial charge in [-0.1, -0.05) is 18.2 Å². The number of allylic oxidation sites excluding steroid dienone is 2.